The number of carbonyl (C=O) groups is 1. The fourth-order valence-corrected chi connectivity index (χ4v) is 9.89. The summed E-state index contributed by atoms with van der Waals surface area (Å²) in [5.74, 6) is 3.32. The van der Waals surface area contributed by atoms with Crippen LogP contribution in [0.2, 0.25) is 0 Å². The Bertz CT molecular complexity index is 785. The van der Waals surface area contributed by atoms with Crippen molar-refractivity contribution in [3.63, 3.8) is 0 Å². The summed E-state index contributed by atoms with van der Waals surface area (Å²) in [7, 11) is 0. The Morgan fingerprint density at radius 2 is 1.62 bits per heavy atom. The van der Waals surface area contributed by atoms with Crippen molar-refractivity contribution in [3.8, 4) is 0 Å². The van der Waals surface area contributed by atoms with E-state index >= 15 is 0 Å². The lowest BCUT2D eigenvalue weighted by atomic mass is 9.35. The lowest BCUT2D eigenvalue weighted by Crippen LogP contribution is -2.63. The molecule has 0 spiro atoms. The number of hydrogen-bond acceptors (Lipinski definition) is 2. The lowest BCUT2D eigenvalue weighted by molar-refractivity contribution is -0.201. The molecule has 32 heavy (non-hydrogen) atoms. The van der Waals surface area contributed by atoms with E-state index in [9.17, 15) is 9.90 Å². The molecule has 0 heterocycles. The third-order valence-electron chi connectivity index (χ3n) is 12.0. The highest BCUT2D eigenvalue weighted by Crippen LogP contribution is 2.75. The molecule has 4 aliphatic rings. The van der Waals surface area contributed by atoms with Crippen molar-refractivity contribution in [1.82, 2.24) is 0 Å². The second kappa shape index (κ2) is 7.69. The first-order valence-electron chi connectivity index (χ1n) is 13.6. The summed E-state index contributed by atoms with van der Waals surface area (Å²) in [5, 5.41) is 10.1. The van der Waals surface area contributed by atoms with Crippen LogP contribution in [0.15, 0.2) is 11.6 Å². The molecule has 0 aromatic carbocycles. The summed E-state index contributed by atoms with van der Waals surface area (Å²) >= 11 is 0. The van der Waals surface area contributed by atoms with E-state index in [1.54, 1.807) is 5.57 Å². The van der Waals surface area contributed by atoms with Crippen LogP contribution in [0.25, 0.3) is 0 Å². The standard InChI is InChI=1S/C30H50O2/c1-20(10-9-16-26(2,3)32)21-13-18-29(7)22(21)11-12-24-28(6)17-15-25(31)27(4,5)23(28)14-19-30(24,29)8/h10,21-24,32H,9,11-19H2,1-8H3/b20-10-/t21-,22-,23+,24+,28+,29-,30-/m1/s1. The van der Waals surface area contributed by atoms with E-state index < -0.39 is 5.60 Å². The van der Waals surface area contributed by atoms with Gasteiger partial charge in [0.1, 0.15) is 5.78 Å². The zero-order chi connectivity index (χ0) is 23.7. The molecule has 1 N–H and O–H groups in total. The maximum atomic E-state index is 12.8. The van der Waals surface area contributed by atoms with Gasteiger partial charge in [-0.1, -0.05) is 46.3 Å². The molecule has 0 unspecified atom stereocenters. The first kappa shape index (κ1) is 24.5. The van der Waals surface area contributed by atoms with Crippen LogP contribution in [0.5, 0.6) is 0 Å². The molecule has 0 aromatic heterocycles. The molecule has 4 saturated carbocycles. The van der Waals surface area contributed by atoms with Crippen LogP contribution >= 0.6 is 0 Å². The van der Waals surface area contributed by atoms with Crippen molar-refractivity contribution < 1.29 is 9.90 Å². The van der Waals surface area contributed by atoms with Crippen molar-refractivity contribution in [1.29, 1.82) is 0 Å². The Balaban J connectivity index is 1.59. The van der Waals surface area contributed by atoms with Gasteiger partial charge < -0.3 is 5.11 Å². The molecule has 2 heteroatoms. The minimum absolute atomic E-state index is 0.149. The maximum Gasteiger partial charge on any atom is 0.138 e. The number of hydrogen-bond donors (Lipinski definition) is 1. The number of fused-ring (bicyclic) bond motifs is 5. The largest absolute Gasteiger partial charge is 0.390 e. The van der Waals surface area contributed by atoms with Gasteiger partial charge in [-0.2, -0.15) is 0 Å². The van der Waals surface area contributed by atoms with Gasteiger partial charge in [0.15, 0.2) is 0 Å². The van der Waals surface area contributed by atoms with E-state index in [0.29, 0.717) is 27.9 Å². The second-order valence-electron chi connectivity index (χ2n) is 14.3. The van der Waals surface area contributed by atoms with Gasteiger partial charge in [-0.05, 0) is 118 Å². The van der Waals surface area contributed by atoms with Crippen molar-refractivity contribution in [2.45, 2.75) is 125 Å². The number of ketones is 1. The normalized spacial score (nSPS) is 46.4. The second-order valence-corrected chi connectivity index (χ2v) is 14.3. The van der Waals surface area contributed by atoms with Crippen LogP contribution in [0.1, 0.15) is 120 Å². The third kappa shape index (κ3) is 3.48. The van der Waals surface area contributed by atoms with E-state index in [0.717, 1.165) is 43.4 Å². The van der Waals surface area contributed by atoms with E-state index in [-0.39, 0.29) is 5.41 Å². The van der Waals surface area contributed by atoms with Crippen molar-refractivity contribution in [3.05, 3.63) is 11.6 Å². The number of carbonyl (C=O) groups excluding carboxylic acids is 1. The van der Waals surface area contributed by atoms with Crippen molar-refractivity contribution in [2.24, 2.45) is 45.3 Å². The summed E-state index contributed by atoms with van der Waals surface area (Å²) in [6.45, 7) is 18.6. The van der Waals surface area contributed by atoms with Crippen LogP contribution in [0.4, 0.5) is 0 Å². The molecule has 0 radical (unpaired) electrons. The lowest BCUT2D eigenvalue weighted by Gasteiger charge is -2.69. The van der Waals surface area contributed by atoms with Crippen LogP contribution in [-0.4, -0.2) is 16.5 Å². The molecule has 4 aliphatic carbocycles. The summed E-state index contributed by atoms with van der Waals surface area (Å²) in [5.41, 5.74) is 1.97. The minimum atomic E-state index is -0.574. The molecule has 182 valence electrons. The number of allylic oxidation sites excluding steroid dienone is 2. The third-order valence-corrected chi connectivity index (χ3v) is 12.0. The molecule has 0 amide bonds. The maximum absolute atomic E-state index is 12.8. The van der Waals surface area contributed by atoms with Crippen LogP contribution < -0.4 is 0 Å². The molecule has 0 aromatic rings. The zero-order valence-electron chi connectivity index (χ0n) is 22.3. The Morgan fingerprint density at radius 3 is 2.28 bits per heavy atom. The summed E-state index contributed by atoms with van der Waals surface area (Å²) in [4.78, 5) is 12.8. The Labute approximate surface area is 198 Å². The Kier molecular flexibility index (Phi) is 5.89. The highest BCUT2D eigenvalue weighted by molar-refractivity contribution is 5.85. The van der Waals surface area contributed by atoms with Gasteiger partial charge in [-0.25, -0.2) is 0 Å². The van der Waals surface area contributed by atoms with Gasteiger partial charge in [0.2, 0.25) is 0 Å². The van der Waals surface area contributed by atoms with Crippen molar-refractivity contribution in [2.75, 3.05) is 0 Å². The smallest absolute Gasteiger partial charge is 0.138 e. The first-order chi connectivity index (χ1) is 14.7. The zero-order valence-corrected chi connectivity index (χ0v) is 22.3. The Morgan fingerprint density at radius 1 is 0.969 bits per heavy atom. The minimum Gasteiger partial charge on any atom is -0.390 e. The summed E-state index contributed by atoms with van der Waals surface area (Å²) < 4.78 is 0. The molecular weight excluding hydrogens is 392 g/mol. The van der Waals surface area contributed by atoms with Crippen molar-refractivity contribution >= 4 is 5.78 Å². The number of rotatable bonds is 4. The average molecular weight is 443 g/mol. The van der Waals surface area contributed by atoms with E-state index in [1.807, 2.05) is 13.8 Å². The van der Waals surface area contributed by atoms with Gasteiger partial charge in [0.25, 0.3) is 0 Å². The highest BCUT2D eigenvalue weighted by Gasteiger charge is 2.68. The molecular formula is C30H50O2. The molecule has 0 saturated heterocycles. The van der Waals surface area contributed by atoms with Crippen LogP contribution in [0, 0.1) is 45.3 Å². The molecule has 7 atom stereocenters. The molecule has 0 bridgehead atoms. The summed E-state index contributed by atoms with van der Waals surface area (Å²) in [6, 6.07) is 0. The molecule has 4 rings (SSSR count). The van der Waals surface area contributed by atoms with Gasteiger partial charge in [0, 0.05) is 11.8 Å². The fraction of sp³-hybridized carbons (Fsp3) is 0.900. The molecule has 4 fully saturated rings. The van der Waals surface area contributed by atoms with Crippen LogP contribution in [0.3, 0.4) is 0 Å². The van der Waals surface area contributed by atoms with Gasteiger partial charge in [-0.15, -0.1) is 0 Å². The molecule has 2 nitrogen and oxygen atoms in total. The van der Waals surface area contributed by atoms with Gasteiger partial charge in [-0.3, -0.25) is 4.79 Å². The quantitative estimate of drug-likeness (QED) is 0.452. The monoisotopic (exact) mass is 442 g/mol. The molecule has 0 aliphatic heterocycles. The van der Waals surface area contributed by atoms with E-state index in [4.69, 9.17) is 0 Å². The predicted molar refractivity (Wildman–Crippen MR) is 133 cm³/mol. The predicted octanol–water partition coefficient (Wildman–Crippen LogP) is 7.74. The summed E-state index contributed by atoms with van der Waals surface area (Å²) in [6.07, 6.45) is 14.1. The highest BCUT2D eigenvalue weighted by atomic mass is 16.3. The van der Waals surface area contributed by atoms with E-state index in [2.05, 4.69) is 47.6 Å². The number of Topliss-reactive ketones (excluding diaryl/α,β-unsaturated/α-hetero) is 1. The average Bonchev–Trinajstić information content (AvgIpc) is 3.03. The number of aliphatic hydroxyl groups is 1. The first-order valence-corrected chi connectivity index (χ1v) is 13.6. The SMILES string of the molecule is C/C(=C/CCC(C)(C)O)[C@H]1CC[C@]2(C)[C@@H]1CC[C@H]1[C@@]3(C)CCC(=O)C(C)(C)[C@@H]3CC[C@]12C. The fourth-order valence-electron chi connectivity index (χ4n) is 9.89. The van der Waals surface area contributed by atoms with Gasteiger partial charge in [0.05, 0.1) is 5.60 Å². The van der Waals surface area contributed by atoms with Crippen LogP contribution in [-0.2, 0) is 4.79 Å². The Hall–Kier alpha value is -0.630. The van der Waals surface area contributed by atoms with E-state index in [1.165, 1.54) is 38.5 Å². The topological polar surface area (TPSA) is 37.3 Å². The van der Waals surface area contributed by atoms with Gasteiger partial charge >= 0.3 is 0 Å².